The number of carbonyl (C=O) groups is 1. The van der Waals surface area contributed by atoms with Gasteiger partial charge in [0.05, 0.1) is 20.1 Å². The van der Waals surface area contributed by atoms with Gasteiger partial charge in [-0.2, -0.15) is 0 Å². The molecule has 2 heterocycles. The smallest absolute Gasteiger partial charge is 0.302 e. The molecule has 0 radical (unpaired) electrons. The van der Waals surface area contributed by atoms with Gasteiger partial charge in [-0.3, -0.25) is 9.69 Å². The zero-order chi connectivity index (χ0) is 26.0. The summed E-state index contributed by atoms with van der Waals surface area (Å²) in [5.41, 5.74) is 0.421. The molecule has 2 aliphatic heterocycles. The van der Waals surface area contributed by atoms with Crippen LogP contribution in [0, 0.1) is 34.5 Å². The average Bonchev–Trinajstić information content (AvgIpc) is 3.16. The van der Waals surface area contributed by atoms with Gasteiger partial charge in [0.15, 0.2) is 0 Å². The number of halogens is 1. The van der Waals surface area contributed by atoms with Crippen LogP contribution in [0.3, 0.4) is 0 Å². The number of piperidine rings is 2. The third-order valence-electron chi connectivity index (χ3n) is 13.4. The lowest BCUT2D eigenvalue weighted by atomic mass is 9.44. The van der Waals surface area contributed by atoms with E-state index in [1.165, 1.54) is 103 Å². The molecule has 5 nitrogen and oxygen atoms in total. The fraction of sp³-hybridized carbons (Fsp3) is 0.969. The molecule has 6 rings (SSSR count). The lowest BCUT2D eigenvalue weighted by Crippen LogP contribution is -3.00. The molecule has 6 aliphatic rings. The molecular weight excluding hydrogens is 540 g/mol. The number of aliphatic hydroxyl groups excluding tert-OH is 1. The normalized spacial score (nSPS) is 48.7. The van der Waals surface area contributed by atoms with E-state index >= 15 is 0 Å². The van der Waals surface area contributed by atoms with E-state index in [0.29, 0.717) is 29.3 Å². The minimum Gasteiger partial charge on any atom is -1.00 e. The van der Waals surface area contributed by atoms with Crippen molar-refractivity contribution in [1.29, 1.82) is 0 Å². The topological polar surface area (TPSA) is 49.8 Å². The van der Waals surface area contributed by atoms with E-state index in [2.05, 4.69) is 25.8 Å². The molecule has 0 spiro atoms. The molecule has 4 aliphatic carbocycles. The predicted octanol–water partition coefficient (Wildman–Crippen LogP) is 2.40. The number of carbonyl (C=O) groups excluding carboxylic acids is 1. The Morgan fingerprint density at radius 2 is 1.61 bits per heavy atom. The quantitative estimate of drug-likeness (QED) is 0.403. The number of ether oxygens (including phenoxy) is 1. The van der Waals surface area contributed by atoms with Crippen molar-refractivity contribution in [2.75, 3.05) is 33.2 Å². The summed E-state index contributed by atoms with van der Waals surface area (Å²) in [6.07, 6.45) is 16.4. The number of likely N-dealkylation sites (N-methyl/N-ethyl adjacent to an activating group) is 1. The van der Waals surface area contributed by atoms with Crippen LogP contribution >= 0.6 is 0 Å². The van der Waals surface area contributed by atoms with Gasteiger partial charge in [0.25, 0.3) is 0 Å². The predicted molar refractivity (Wildman–Crippen MR) is 147 cm³/mol. The zero-order valence-corrected chi connectivity index (χ0v) is 26.3. The number of nitrogens with zero attached hydrogens (tertiary/aromatic N) is 2. The summed E-state index contributed by atoms with van der Waals surface area (Å²) in [5.74, 6) is 2.74. The lowest BCUT2D eigenvalue weighted by Gasteiger charge is -2.62. The third-order valence-corrected chi connectivity index (χ3v) is 13.4. The van der Waals surface area contributed by atoms with E-state index in [-0.39, 0.29) is 40.6 Å². The summed E-state index contributed by atoms with van der Waals surface area (Å²) in [7, 11) is 2.46. The van der Waals surface area contributed by atoms with Crippen molar-refractivity contribution in [2.24, 2.45) is 34.5 Å². The van der Waals surface area contributed by atoms with Gasteiger partial charge in [-0.1, -0.05) is 20.3 Å². The van der Waals surface area contributed by atoms with Crippen LogP contribution in [0.1, 0.15) is 104 Å². The summed E-state index contributed by atoms with van der Waals surface area (Å²) < 4.78 is 7.18. The van der Waals surface area contributed by atoms with E-state index in [4.69, 9.17) is 4.74 Å². The Labute approximate surface area is 242 Å². The van der Waals surface area contributed by atoms with Crippen molar-refractivity contribution in [3.8, 4) is 0 Å². The highest BCUT2D eigenvalue weighted by molar-refractivity contribution is 5.66. The second-order valence-electron chi connectivity index (χ2n) is 15.2. The SMILES string of the molecule is CC(=O)OC1CC2CC[C@@H]3[C@@H](CC[C@]4(C)C(O)C([N+]5(C)CCCCC5)C[C@@H]34)[C@@]2(C)CC1N1CCCCC1.[Br-]. The molecule has 0 amide bonds. The minimum atomic E-state index is -0.145. The van der Waals surface area contributed by atoms with Crippen LogP contribution in [-0.4, -0.2) is 78.0 Å². The van der Waals surface area contributed by atoms with E-state index in [1.54, 1.807) is 6.92 Å². The van der Waals surface area contributed by atoms with Gasteiger partial charge in [0.2, 0.25) is 0 Å². The Morgan fingerprint density at radius 1 is 0.921 bits per heavy atom. The van der Waals surface area contributed by atoms with Crippen LogP contribution in [0.4, 0.5) is 0 Å². The maximum absolute atomic E-state index is 12.1. The van der Waals surface area contributed by atoms with Crippen LogP contribution in [0.15, 0.2) is 0 Å². The van der Waals surface area contributed by atoms with Gasteiger partial charge < -0.3 is 31.3 Å². The van der Waals surface area contributed by atoms with E-state index in [9.17, 15) is 9.90 Å². The molecule has 0 bridgehead atoms. The molecule has 5 unspecified atom stereocenters. The fourth-order valence-corrected chi connectivity index (χ4v) is 11.4. The molecule has 0 aromatic heterocycles. The van der Waals surface area contributed by atoms with Crippen molar-refractivity contribution < 1.29 is 36.1 Å². The fourth-order valence-electron chi connectivity index (χ4n) is 11.4. The van der Waals surface area contributed by atoms with Crippen LogP contribution in [-0.2, 0) is 9.53 Å². The number of aliphatic hydroxyl groups is 1. The van der Waals surface area contributed by atoms with Crippen molar-refractivity contribution >= 4 is 5.97 Å². The summed E-state index contributed by atoms with van der Waals surface area (Å²) in [6.45, 7) is 11.6. The van der Waals surface area contributed by atoms with E-state index in [1.807, 2.05) is 0 Å². The Kier molecular flexibility index (Phi) is 8.42. The second kappa shape index (κ2) is 10.9. The molecule has 4 saturated carbocycles. The Morgan fingerprint density at radius 3 is 2.29 bits per heavy atom. The van der Waals surface area contributed by atoms with Crippen molar-refractivity contribution in [2.45, 2.75) is 129 Å². The number of quaternary nitrogens is 1. The maximum Gasteiger partial charge on any atom is 0.302 e. The molecule has 6 fully saturated rings. The first-order valence-corrected chi connectivity index (χ1v) is 16.1. The molecule has 10 atom stereocenters. The van der Waals surface area contributed by atoms with Gasteiger partial charge in [0, 0.05) is 24.8 Å². The minimum absolute atomic E-state index is 0. The molecule has 2 saturated heterocycles. The standard InChI is InChI=1S/C32H55N2O3.BrH/c1-22(35)37-29-19-23-11-12-24-25(32(23,3)21-27(29)33-15-7-5-8-16-33)13-14-31(2)26(24)20-28(30(31)36)34(4)17-9-6-10-18-34;/h23-30,36H,5-21H2,1-4H3;1H/q+1;/p-1/t23?,24-,25-,26+,27?,28?,29?,30?,31+,32+;/m1./s1. The third kappa shape index (κ3) is 4.73. The Bertz CT molecular complexity index is 858. The molecule has 0 aromatic rings. The summed E-state index contributed by atoms with van der Waals surface area (Å²) >= 11 is 0. The number of hydrogen-bond acceptors (Lipinski definition) is 4. The Hall–Kier alpha value is -0.170. The van der Waals surface area contributed by atoms with Gasteiger partial charge in [0.1, 0.15) is 18.2 Å². The molecule has 6 heteroatoms. The first-order valence-electron chi connectivity index (χ1n) is 16.1. The Balaban J connectivity index is 0.00000294. The van der Waals surface area contributed by atoms with Crippen LogP contribution in [0.25, 0.3) is 0 Å². The number of fused-ring (bicyclic) bond motifs is 5. The highest BCUT2D eigenvalue weighted by Crippen LogP contribution is 2.67. The highest BCUT2D eigenvalue weighted by atomic mass is 79.9. The van der Waals surface area contributed by atoms with E-state index in [0.717, 1.165) is 22.7 Å². The average molecular weight is 596 g/mol. The molecule has 38 heavy (non-hydrogen) atoms. The van der Waals surface area contributed by atoms with Gasteiger partial charge in [-0.25, -0.2) is 0 Å². The first-order chi connectivity index (χ1) is 17.7. The summed E-state index contributed by atoms with van der Waals surface area (Å²) in [5, 5.41) is 11.9. The van der Waals surface area contributed by atoms with Gasteiger partial charge in [-0.15, -0.1) is 0 Å². The molecular formula is C32H55BrN2O3. The first kappa shape index (κ1) is 29.3. The van der Waals surface area contributed by atoms with Gasteiger partial charge >= 0.3 is 5.97 Å². The number of esters is 1. The van der Waals surface area contributed by atoms with Crippen molar-refractivity contribution in [3.05, 3.63) is 0 Å². The van der Waals surface area contributed by atoms with Crippen molar-refractivity contribution in [3.63, 3.8) is 0 Å². The van der Waals surface area contributed by atoms with Crippen LogP contribution in [0.2, 0.25) is 0 Å². The largest absolute Gasteiger partial charge is 1.00 e. The molecule has 218 valence electrons. The summed E-state index contributed by atoms with van der Waals surface area (Å²) in [6, 6.07) is 0.817. The van der Waals surface area contributed by atoms with Crippen LogP contribution < -0.4 is 17.0 Å². The molecule has 0 aromatic carbocycles. The van der Waals surface area contributed by atoms with Gasteiger partial charge in [-0.05, 0) is 113 Å². The number of likely N-dealkylation sites (tertiary alicyclic amines) is 2. The zero-order valence-electron chi connectivity index (χ0n) is 24.7. The number of hydrogen-bond donors (Lipinski definition) is 1. The maximum atomic E-state index is 12.1. The number of rotatable bonds is 3. The molecule has 1 N–H and O–H groups in total. The van der Waals surface area contributed by atoms with E-state index < -0.39 is 0 Å². The van der Waals surface area contributed by atoms with Crippen molar-refractivity contribution in [1.82, 2.24) is 4.90 Å². The lowest BCUT2D eigenvalue weighted by molar-refractivity contribution is -0.940. The second-order valence-corrected chi connectivity index (χ2v) is 15.2. The van der Waals surface area contributed by atoms with Crippen LogP contribution in [0.5, 0.6) is 0 Å². The highest BCUT2D eigenvalue weighted by Gasteiger charge is 2.66. The monoisotopic (exact) mass is 594 g/mol. The summed E-state index contributed by atoms with van der Waals surface area (Å²) in [4.78, 5) is 14.8.